The lowest BCUT2D eigenvalue weighted by atomic mass is 10.0. The van der Waals surface area contributed by atoms with Crippen LogP contribution >= 0.6 is 0 Å². The van der Waals surface area contributed by atoms with Crippen molar-refractivity contribution in [2.75, 3.05) is 13.1 Å². The third-order valence-electron chi connectivity index (χ3n) is 5.76. The van der Waals surface area contributed by atoms with Crippen LogP contribution in [0.4, 0.5) is 0 Å². The standard InChI is InChI=1S/C21H25NO3S/c23-20-10-18-13-22(14-19(18)11-20)12-16-6-4-5-7-17(16)15-26(24,25)21-8-2-1-3-9-21/h1-9,18-20,23H,10-15H2/t18-,19+,20?. The zero-order valence-corrected chi connectivity index (χ0v) is 15.6. The highest BCUT2D eigenvalue weighted by Gasteiger charge is 2.40. The Morgan fingerprint density at radius 2 is 1.46 bits per heavy atom. The zero-order valence-electron chi connectivity index (χ0n) is 14.8. The molecule has 1 saturated heterocycles. The Morgan fingerprint density at radius 1 is 0.885 bits per heavy atom. The molecule has 0 aromatic heterocycles. The second kappa shape index (κ2) is 7.14. The van der Waals surface area contributed by atoms with Crippen molar-refractivity contribution in [2.24, 2.45) is 11.8 Å². The Bertz CT molecular complexity index is 852. The summed E-state index contributed by atoms with van der Waals surface area (Å²) in [5.74, 6) is 1.21. The Kier molecular flexibility index (Phi) is 4.86. The molecule has 4 rings (SSSR count). The van der Waals surface area contributed by atoms with Gasteiger partial charge >= 0.3 is 0 Å². The molecule has 0 amide bonds. The van der Waals surface area contributed by atoms with Gasteiger partial charge in [-0.25, -0.2) is 8.42 Å². The van der Waals surface area contributed by atoms with Gasteiger partial charge in [-0.2, -0.15) is 0 Å². The second-order valence-corrected chi connectivity index (χ2v) is 9.67. The van der Waals surface area contributed by atoms with Crippen LogP contribution in [-0.4, -0.2) is 37.6 Å². The summed E-state index contributed by atoms with van der Waals surface area (Å²) in [6.45, 7) is 2.78. The maximum Gasteiger partial charge on any atom is 0.182 e. The van der Waals surface area contributed by atoms with Crippen molar-refractivity contribution in [3.8, 4) is 0 Å². The van der Waals surface area contributed by atoms with E-state index in [1.54, 1.807) is 24.3 Å². The van der Waals surface area contributed by atoms with Crippen molar-refractivity contribution in [3.05, 3.63) is 65.7 Å². The van der Waals surface area contributed by atoms with Gasteiger partial charge in [-0.15, -0.1) is 0 Å². The fourth-order valence-electron chi connectivity index (χ4n) is 4.50. The highest BCUT2D eigenvalue weighted by Crippen LogP contribution is 2.38. The van der Waals surface area contributed by atoms with E-state index >= 15 is 0 Å². The summed E-state index contributed by atoms with van der Waals surface area (Å²) in [5, 5.41) is 9.81. The van der Waals surface area contributed by atoms with Crippen LogP contribution < -0.4 is 0 Å². The topological polar surface area (TPSA) is 57.6 Å². The molecule has 2 aromatic carbocycles. The van der Waals surface area contributed by atoms with Gasteiger partial charge in [0.15, 0.2) is 9.84 Å². The molecule has 2 aliphatic rings. The van der Waals surface area contributed by atoms with Crippen LogP contribution in [0.25, 0.3) is 0 Å². The van der Waals surface area contributed by atoms with Crippen LogP contribution in [-0.2, 0) is 22.1 Å². The van der Waals surface area contributed by atoms with E-state index < -0.39 is 9.84 Å². The molecular weight excluding hydrogens is 346 g/mol. The maximum absolute atomic E-state index is 12.7. The summed E-state index contributed by atoms with van der Waals surface area (Å²) < 4.78 is 25.5. The van der Waals surface area contributed by atoms with Crippen molar-refractivity contribution < 1.29 is 13.5 Å². The first-order valence-corrected chi connectivity index (χ1v) is 10.9. The number of nitrogens with zero attached hydrogens (tertiary/aromatic N) is 1. The molecular formula is C21H25NO3S. The summed E-state index contributed by atoms with van der Waals surface area (Å²) in [7, 11) is -3.34. The van der Waals surface area contributed by atoms with Crippen molar-refractivity contribution in [1.82, 2.24) is 4.90 Å². The Morgan fingerprint density at radius 3 is 2.12 bits per heavy atom. The quantitative estimate of drug-likeness (QED) is 0.878. The minimum absolute atomic E-state index is 0.0343. The highest BCUT2D eigenvalue weighted by atomic mass is 32.2. The number of rotatable bonds is 5. The predicted octanol–water partition coefficient (Wildman–Crippen LogP) is 2.86. The van der Waals surface area contributed by atoms with E-state index in [1.807, 2.05) is 30.3 Å². The van der Waals surface area contributed by atoms with Crippen molar-refractivity contribution in [1.29, 1.82) is 0 Å². The highest BCUT2D eigenvalue weighted by molar-refractivity contribution is 7.90. The maximum atomic E-state index is 12.7. The molecule has 0 spiro atoms. The van der Waals surface area contributed by atoms with Gasteiger partial charge < -0.3 is 5.11 Å². The minimum Gasteiger partial charge on any atom is -0.393 e. The van der Waals surface area contributed by atoms with E-state index in [4.69, 9.17) is 0 Å². The summed E-state index contributed by atoms with van der Waals surface area (Å²) in [4.78, 5) is 2.79. The molecule has 1 unspecified atom stereocenters. The minimum atomic E-state index is -3.34. The first-order valence-electron chi connectivity index (χ1n) is 9.26. The first-order chi connectivity index (χ1) is 12.5. The third kappa shape index (κ3) is 3.70. The molecule has 1 N–H and O–H groups in total. The van der Waals surface area contributed by atoms with Gasteiger partial charge in [0.1, 0.15) is 0 Å². The van der Waals surface area contributed by atoms with Gasteiger partial charge in [-0.3, -0.25) is 4.90 Å². The van der Waals surface area contributed by atoms with Gasteiger partial charge in [0, 0.05) is 19.6 Å². The fourth-order valence-corrected chi connectivity index (χ4v) is 5.93. The smallest absolute Gasteiger partial charge is 0.182 e. The summed E-state index contributed by atoms with van der Waals surface area (Å²) in [6, 6.07) is 16.5. The van der Waals surface area contributed by atoms with Gasteiger partial charge in [0.2, 0.25) is 0 Å². The van der Waals surface area contributed by atoms with Crippen LogP contribution in [0, 0.1) is 11.8 Å². The van der Waals surface area contributed by atoms with E-state index in [1.165, 1.54) is 0 Å². The predicted molar refractivity (Wildman–Crippen MR) is 101 cm³/mol. The lowest BCUT2D eigenvalue weighted by molar-refractivity contribution is 0.161. The van der Waals surface area contributed by atoms with Crippen LogP contribution in [0.1, 0.15) is 24.0 Å². The molecule has 1 aliphatic carbocycles. The molecule has 1 saturated carbocycles. The zero-order chi connectivity index (χ0) is 18.1. The average Bonchev–Trinajstić information content (AvgIpc) is 3.14. The second-order valence-electron chi connectivity index (χ2n) is 7.68. The van der Waals surface area contributed by atoms with E-state index in [9.17, 15) is 13.5 Å². The number of hydrogen-bond donors (Lipinski definition) is 1. The molecule has 5 heteroatoms. The monoisotopic (exact) mass is 371 g/mol. The third-order valence-corrected chi connectivity index (χ3v) is 7.44. The number of likely N-dealkylation sites (tertiary alicyclic amines) is 1. The van der Waals surface area contributed by atoms with Crippen LogP contribution in [0.15, 0.2) is 59.5 Å². The average molecular weight is 372 g/mol. The Labute approximate surface area is 155 Å². The largest absolute Gasteiger partial charge is 0.393 e. The van der Waals surface area contributed by atoms with Crippen molar-refractivity contribution in [3.63, 3.8) is 0 Å². The summed E-state index contributed by atoms with van der Waals surface area (Å²) in [5.41, 5.74) is 1.97. The number of benzene rings is 2. The molecule has 0 bridgehead atoms. The first kappa shape index (κ1) is 17.7. The number of sulfone groups is 1. The molecule has 1 aliphatic heterocycles. The number of aliphatic hydroxyl groups is 1. The van der Waals surface area contributed by atoms with Crippen molar-refractivity contribution >= 4 is 9.84 Å². The molecule has 2 aromatic rings. The molecule has 4 nitrogen and oxygen atoms in total. The van der Waals surface area contributed by atoms with Crippen LogP contribution in [0.2, 0.25) is 0 Å². The van der Waals surface area contributed by atoms with Crippen molar-refractivity contribution in [2.45, 2.75) is 36.1 Å². The Hall–Kier alpha value is -1.69. The SMILES string of the molecule is O=S(=O)(Cc1ccccc1CN1C[C@H]2CC(O)C[C@H]2C1)c1ccccc1. The van der Waals surface area contributed by atoms with Crippen LogP contribution in [0.5, 0.6) is 0 Å². The normalized spacial score (nSPS) is 26.1. The summed E-state index contributed by atoms with van der Waals surface area (Å²) >= 11 is 0. The van der Waals surface area contributed by atoms with Gasteiger partial charge in [-0.1, -0.05) is 42.5 Å². The van der Waals surface area contributed by atoms with Gasteiger partial charge in [-0.05, 0) is 47.9 Å². The lowest BCUT2D eigenvalue weighted by Crippen LogP contribution is -2.23. The number of fused-ring (bicyclic) bond motifs is 1. The molecule has 26 heavy (non-hydrogen) atoms. The molecule has 3 atom stereocenters. The van der Waals surface area contributed by atoms with Gasteiger partial charge in [0.25, 0.3) is 0 Å². The number of aliphatic hydroxyl groups excluding tert-OH is 1. The Balaban J connectivity index is 1.49. The summed E-state index contributed by atoms with van der Waals surface area (Å²) in [6.07, 6.45) is 1.69. The van der Waals surface area contributed by atoms with E-state index in [0.717, 1.165) is 43.6 Å². The molecule has 2 fully saturated rings. The molecule has 1 heterocycles. The van der Waals surface area contributed by atoms with Crippen LogP contribution in [0.3, 0.4) is 0 Å². The number of hydrogen-bond acceptors (Lipinski definition) is 4. The molecule has 138 valence electrons. The van der Waals surface area contributed by atoms with E-state index in [0.29, 0.717) is 16.7 Å². The molecule has 0 radical (unpaired) electrons. The fraction of sp³-hybridized carbons (Fsp3) is 0.429. The van der Waals surface area contributed by atoms with Gasteiger partial charge in [0.05, 0.1) is 16.8 Å². The lowest BCUT2D eigenvalue weighted by Gasteiger charge is -2.20. The van der Waals surface area contributed by atoms with E-state index in [2.05, 4.69) is 4.90 Å². The van der Waals surface area contributed by atoms with E-state index in [-0.39, 0.29) is 11.9 Å².